The van der Waals surface area contributed by atoms with Crippen LogP contribution in [-0.4, -0.2) is 17.5 Å². The summed E-state index contributed by atoms with van der Waals surface area (Å²) in [7, 11) is -3.83. The van der Waals surface area contributed by atoms with E-state index in [1.165, 1.54) is 10.2 Å². The number of aryl methyl sites for hydroxylation is 2. The minimum atomic E-state index is -3.83. The number of alkyl halides is 1. The van der Waals surface area contributed by atoms with Crippen LogP contribution in [0.25, 0.3) is 10.9 Å². The van der Waals surface area contributed by atoms with Gasteiger partial charge in [-0.1, -0.05) is 16.8 Å². The van der Waals surface area contributed by atoms with Gasteiger partial charge in [0.05, 0.1) is 5.52 Å². The van der Waals surface area contributed by atoms with E-state index in [4.69, 9.17) is 27.7 Å². The quantitative estimate of drug-likeness (QED) is 0.666. The first-order valence-corrected chi connectivity index (χ1v) is 8.75. The number of rotatable bonds is 3. The lowest BCUT2D eigenvalue weighted by atomic mass is 10.2. The van der Waals surface area contributed by atoms with Crippen molar-refractivity contribution in [3.05, 3.63) is 46.4 Å². The van der Waals surface area contributed by atoms with Gasteiger partial charge < -0.3 is 4.52 Å². The van der Waals surface area contributed by atoms with E-state index >= 15 is 0 Å². The highest BCUT2D eigenvalue weighted by atomic mass is 35.5. The molecule has 0 radical (unpaired) electrons. The number of fused-ring (bicyclic) bond motifs is 1. The van der Waals surface area contributed by atoms with E-state index in [2.05, 4.69) is 5.16 Å². The number of hydrogen-bond acceptors (Lipinski definition) is 4. The first kappa shape index (κ1) is 15.4. The second kappa shape index (κ2) is 5.30. The predicted molar refractivity (Wildman–Crippen MR) is 85.1 cm³/mol. The summed E-state index contributed by atoms with van der Waals surface area (Å²) in [4.78, 5) is 0.0699. The normalized spacial score (nSPS) is 12.2. The predicted octanol–water partition coefficient (Wildman–Crippen LogP) is 3.88. The Kier molecular flexibility index (Phi) is 3.71. The summed E-state index contributed by atoms with van der Waals surface area (Å²) in [6.45, 7) is 3.16. The largest absolute Gasteiger partial charge is 0.360 e. The maximum absolute atomic E-state index is 13.0. The van der Waals surface area contributed by atoms with Crippen LogP contribution in [0.3, 0.4) is 0 Å². The van der Waals surface area contributed by atoms with Crippen molar-refractivity contribution in [2.75, 3.05) is 0 Å². The lowest BCUT2D eigenvalue weighted by Gasteiger charge is -2.06. The SMILES string of the molecule is Cc1noc(C)c1S(=O)(=O)n1cc(CCl)c2cc(Cl)ccc21. The molecular formula is C14H12Cl2N2O3S. The van der Waals surface area contributed by atoms with Gasteiger partial charge in [0.25, 0.3) is 10.0 Å². The standard InChI is InChI=1S/C14H12Cl2N2O3S/c1-8-14(9(2)21-17-8)22(19,20)18-7-10(6-15)12-5-11(16)3-4-13(12)18/h3-5,7H,6H2,1-2H3. The van der Waals surface area contributed by atoms with E-state index in [1.54, 1.807) is 32.0 Å². The van der Waals surface area contributed by atoms with Crippen molar-refractivity contribution < 1.29 is 12.9 Å². The summed E-state index contributed by atoms with van der Waals surface area (Å²) in [5.74, 6) is 0.432. The van der Waals surface area contributed by atoms with Gasteiger partial charge >= 0.3 is 0 Å². The van der Waals surface area contributed by atoms with Crippen LogP contribution in [-0.2, 0) is 15.9 Å². The second-order valence-corrected chi connectivity index (χ2v) is 7.36. The Morgan fingerprint density at radius 1 is 1.32 bits per heavy atom. The maximum atomic E-state index is 13.0. The lowest BCUT2D eigenvalue weighted by Crippen LogP contribution is -2.13. The molecule has 3 rings (SSSR count). The van der Waals surface area contributed by atoms with Crippen molar-refractivity contribution in [1.82, 2.24) is 9.13 Å². The summed E-state index contributed by atoms with van der Waals surface area (Å²) in [5.41, 5.74) is 1.52. The van der Waals surface area contributed by atoms with Gasteiger partial charge in [0.1, 0.15) is 5.69 Å². The Labute approximate surface area is 137 Å². The van der Waals surface area contributed by atoms with Crippen LogP contribution >= 0.6 is 23.2 Å². The molecule has 3 aromatic rings. The number of aromatic nitrogens is 2. The fourth-order valence-electron chi connectivity index (χ4n) is 2.48. The van der Waals surface area contributed by atoms with E-state index in [9.17, 15) is 8.42 Å². The third-order valence-corrected chi connectivity index (χ3v) is 5.89. The number of hydrogen-bond donors (Lipinski definition) is 0. The number of benzene rings is 1. The molecule has 0 amide bonds. The molecule has 1 aromatic carbocycles. The van der Waals surface area contributed by atoms with Crippen molar-refractivity contribution in [2.45, 2.75) is 24.6 Å². The zero-order valence-electron chi connectivity index (χ0n) is 11.8. The molecule has 0 aliphatic carbocycles. The van der Waals surface area contributed by atoms with Crippen LogP contribution in [0.2, 0.25) is 5.02 Å². The number of halogens is 2. The van der Waals surface area contributed by atoms with Gasteiger partial charge in [0, 0.05) is 22.5 Å². The molecule has 0 atom stereocenters. The Hall–Kier alpha value is -1.50. The zero-order chi connectivity index (χ0) is 16.1. The molecule has 0 aliphatic heterocycles. The smallest absolute Gasteiger partial charge is 0.273 e. The average Bonchev–Trinajstić information content (AvgIpc) is 2.99. The lowest BCUT2D eigenvalue weighted by molar-refractivity contribution is 0.390. The highest BCUT2D eigenvalue weighted by Crippen LogP contribution is 2.31. The van der Waals surface area contributed by atoms with E-state index in [0.29, 0.717) is 27.2 Å². The summed E-state index contributed by atoms with van der Waals surface area (Å²) in [6.07, 6.45) is 1.51. The molecule has 116 valence electrons. The molecule has 0 N–H and O–H groups in total. The summed E-state index contributed by atoms with van der Waals surface area (Å²) in [5, 5.41) is 4.94. The topological polar surface area (TPSA) is 65.1 Å². The Morgan fingerprint density at radius 2 is 2.05 bits per heavy atom. The van der Waals surface area contributed by atoms with Gasteiger partial charge in [-0.25, -0.2) is 12.4 Å². The first-order chi connectivity index (χ1) is 10.4. The van der Waals surface area contributed by atoms with Gasteiger partial charge in [0.2, 0.25) is 0 Å². The average molecular weight is 359 g/mol. The van der Waals surface area contributed by atoms with Crippen LogP contribution in [0.15, 0.2) is 33.8 Å². The van der Waals surface area contributed by atoms with Gasteiger partial charge in [-0.2, -0.15) is 0 Å². The molecule has 0 fully saturated rings. The van der Waals surface area contributed by atoms with Gasteiger partial charge in [0.15, 0.2) is 10.7 Å². The van der Waals surface area contributed by atoms with Crippen LogP contribution in [0.4, 0.5) is 0 Å². The molecule has 0 unspecified atom stereocenters. The molecule has 2 heterocycles. The second-order valence-electron chi connectivity index (χ2n) is 4.90. The first-order valence-electron chi connectivity index (χ1n) is 6.40. The number of nitrogens with zero attached hydrogens (tertiary/aromatic N) is 2. The van der Waals surface area contributed by atoms with Crippen LogP contribution < -0.4 is 0 Å². The zero-order valence-corrected chi connectivity index (χ0v) is 14.1. The van der Waals surface area contributed by atoms with Crippen molar-refractivity contribution in [1.29, 1.82) is 0 Å². The Morgan fingerprint density at radius 3 is 2.64 bits per heavy atom. The molecule has 0 saturated carbocycles. The fraction of sp³-hybridized carbons (Fsp3) is 0.214. The van der Waals surface area contributed by atoms with Crippen molar-refractivity contribution in [3.8, 4) is 0 Å². The molecule has 0 bridgehead atoms. The molecule has 0 aliphatic rings. The minimum Gasteiger partial charge on any atom is -0.360 e. The highest BCUT2D eigenvalue weighted by molar-refractivity contribution is 7.90. The van der Waals surface area contributed by atoms with Gasteiger partial charge in [-0.05, 0) is 37.6 Å². The molecule has 22 heavy (non-hydrogen) atoms. The Balaban J connectivity index is 2.35. The summed E-state index contributed by atoms with van der Waals surface area (Å²) >= 11 is 11.9. The molecule has 5 nitrogen and oxygen atoms in total. The van der Waals surface area contributed by atoms with E-state index < -0.39 is 10.0 Å². The van der Waals surface area contributed by atoms with Crippen LogP contribution in [0.5, 0.6) is 0 Å². The fourth-order valence-corrected chi connectivity index (χ4v) is 4.56. The molecular weight excluding hydrogens is 347 g/mol. The Bertz CT molecular complexity index is 954. The van der Waals surface area contributed by atoms with Crippen molar-refractivity contribution >= 4 is 44.1 Å². The molecule has 0 saturated heterocycles. The van der Waals surface area contributed by atoms with Gasteiger partial charge in [-0.3, -0.25) is 0 Å². The van der Waals surface area contributed by atoms with E-state index in [1.807, 2.05) is 0 Å². The molecule has 8 heteroatoms. The van der Waals surface area contributed by atoms with Gasteiger partial charge in [-0.15, -0.1) is 11.6 Å². The maximum Gasteiger partial charge on any atom is 0.273 e. The van der Waals surface area contributed by atoms with E-state index in [-0.39, 0.29) is 16.5 Å². The molecule has 0 spiro atoms. The van der Waals surface area contributed by atoms with Crippen molar-refractivity contribution in [3.63, 3.8) is 0 Å². The monoisotopic (exact) mass is 358 g/mol. The third kappa shape index (κ3) is 2.22. The van der Waals surface area contributed by atoms with Crippen molar-refractivity contribution in [2.24, 2.45) is 0 Å². The van der Waals surface area contributed by atoms with E-state index in [0.717, 1.165) is 0 Å². The summed E-state index contributed by atoms with van der Waals surface area (Å²) in [6, 6.07) is 5.00. The van der Waals surface area contributed by atoms with Crippen LogP contribution in [0, 0.1) is 13.8 Å². The van der Waals surface area contributed by atoms with Crippen LogP contribution in [0.1, 0.15) is 17.0 Å². The highest BCUT2D eigenvalue weighted by Gasteiger charge is 2.28. The molecule has 2 aromatic heterocycles. The summed E-state index contributed by atoms with van der Waals surface area (Å²) < 4.78 is 32.1. The third-order valence-electron chi connectivity index (χ3n) is 3.44. The minimum absolute atomic E-state index is 0.0699.